The number of benzene rings is 2. The average Bonchev–Trinajstić information content (AvgIpc) is 2.48. The van der Waals surface area contributed by atoms with Gasteiger partial charge in [-0.2, -0.15) is 0 Å². The van der Waals surface area contributed by atoms with Crippen molar-refractivity contribution in [3.05, 3.63) is 66.2 Å². The van der Waals surface area contributed by atoms with Gasteiger partial charge in [-0.25, -0.2) is 0 Å². The molecule has 2 aromatic carbocycles. The fraction of sp³-hybridized carbons (Fsp3) is 0.333. The molecule has 0 aliphatic heterocycles. The predicted octanol–water partition coefficient (Wildman–Crippen LogP) is 3.64. The van der Waals surface area contributed by atoms with Crippen LogP contribution < -0.4 is 4.90 Å². The standard InChI is InChI=1S/C18H24N2/c1-19(2)14-9-15-20(18-12-7-4-8-13-18)16-17-10-5-3-6-11-17/h3-8,10-13H,9,14-16H2,1-2H3. The molecule has 0 N–H and O–H groups in total. The van der Waals surface area contributed by atoms with E-state index in [2.05, 4.69) is 84.6 Å². The molecule has 106 valence electrons. The summed E-state index contributed by atoms with van der Waals surface area (Å²) in [6.07, 6.45) is 1.18. The second kappa shape index (κ2) is 7.71. The summed E-state index contributed by atoms with van der Waals surface area (Å²) in [7, 11) is 4.26. The Bertz CT molecular complexity index is 479. The molecule has 2 heteroatoms. The van der Waals surface area contributed by atoms with E-state index < -0.39 is 0 Å². The molecule has 0 aliphatic rings. The quantitative estimate of drug-likeness (QED) is 0.756. The number of hydrogen-bond acceptors (Lipinski definition) is 2. The van der Waals surface area contributed by atoms with Crippen molar-refractivity contribution in [2.24, 2.45) is 0 Å². The first kappa shape index (κ1) is 14.6. The molecule has 20 heavy (non-hydrogen) atoms. The summed E-state index contributed by atoms with van der Waals surface area (Å²) in [6.45, 7) is 3.17. The van der Waals surface area contributed by atoms with Crippen LogP contribution in [0.4, 0.5) is 5.69 Å². The van der Waals surface area contributed by atoms with Crippen molar-refractivity contribution in [1.82, 2.24) is 4.90 Å². The highest BCUT2D eigenvalue weighted by molar-refractivity contribution is 5.46. The predicted molar refractivity (Wildman–Crippen MR) is 87.1 cm³/mol. The van der Waals surface area contributed by atoms with E-state index in [1.165, 1.54) is 17.7 Å². The SMILES string of the molecule is CN(C)CCCN(Cc1ccccc1)c1ccccc1. The Morgan fingerprint density at radius 3 is 1.95 bits per heavy atom. The monoisotopic (exact) mass is 268 g/mol. The Kier molecular flexibility index (Phi) is 5.63. The number of para-hydroxylation sites is 1. The number of hydrogen-bond donors (Lipinski definition) is 0. The third-order valence-electron chi connectivity index (χ3n) is 3.37. The molecule has 2 aromatic rings. The minimum atomic E-state index is 0.971. The van der Waals surface area contributed by atoms with Gasteiger partial charge in [-0.3, -0.25) is 0 Å². The van der Waals surface area contributed by atoms with Crippen molar-refractivity contribution >= 4 is 5.69 Å². The summed E-state index contributed by atoms with van der Waals surface area (Å²) in [5.41, 5.74) is 2.66. The van der Waals surface area contributed by atoms with Crippen molar-refractivity contribution in [2.75, 3.05) is 32.1 Å². The molecule has 2 nitrogen and oxygen atoms in total. The maximum absolute atomic E-state index is 2.46. The molecule has 0 radical (unpaired) electrons. The molecular weight excluding hydrogens is 244 g/mol. The molecule has 0 aromatic heterocycles. The first-order valence-electron chi connectivity index (χ1n) is 7.24. The van der Waals surface area contributed by atoms with Gasteiger partial charge in [-0.15, -0.1) is 0 Å². The van der Waals surface area contributed by atoms with Gasteiger partial charge in [-0.05, 0) is 44.8 Å². The first-order valence-corrected chi connectivity index (χ1v) is 7.24. The molecule has 0 aliphatic carbocycles. The topological polar surface area (TPSA) is 6.48 Å². The van der Waals surface area contributed by atoms with Crippen molar-refractivity contribution in [3.63, 3.8) is 0 Å². The Morgan fingerprint density at radius 2 is 1.35 bits per heavy atom. The van der Waals surface area contributed by atoms with Crippen LogP contribution in [-0.4, -0.2) is 32.1 Å². The Balaban J connectivity index is 2.04. The van der Waals surface area contributed by atoms with Crippen LogP contribution in [0.1, 0.15) is 12.0 Å². The summed E-state index contributed by atoms with van der Waals surface area (Å²) >= 11 is 0. The van der Waals surface area contributed by atoms with Gasteiger partial charge in [0, 0.05) is 18.8 Å². The van der Waals surface area contributed by atoms with E-state index in [-0.39, 0.29) is 0 Å². The molecule has 2 rings (SSSR count). The zero-order valence-electron chi connectivity index (χ0n) is 12.5. The fourth-order valence-electron chi connectivity index (χ4n) is 2.32. The lowest BCUT2D eigenvalue weighted by molar-refractivity contribution is 0.400. The van der Waals surface area contributed by atoms with Crippen LogP contribution in [0.25, 0.3) is 0 Å². The van der Waals surface area contributed by atoms with E-state index in [0.717, 1.165) is 19.6 Å². The molecule has 0 saturated heterocycles. The highest BCUT2D eigenvalue weighted by atomic mass is 15.1. The van der Waals surface area contributed by atoms with Gasteiger partial charge in [0.25, 0.3) is 0 Å². The highest BCUT2D eigenvalue weighted by Crippen LogP contribution is 2.17. The maximum Gasteiger partial charge on any atom is 0.0429 e. The zero-order valence-corrected chi connectivity index (χ0v) is 12.5. The lowest BCUT2D eigenvalue weighted by Gasteiger charge is -2.25. The summed E-state index contributed by atoms with van der Waals surface area (Å²) in [4.78, 5) is 4.70. The molecular formula is C18H24N2. The van der Waals surface area contributed by atoms with Crippen LogP contribution >= 0.6 is 0 Å². The normalized spacial score (nSPS) is 10.8. The first-order chi connectivity index (χ1) is 9.75. The lowest BCUT2D eigenvalue weighted by atomic mass is 10.2. The molecule has 0 fully saturated rings. The molecule has 0 atom stereocenters. The van der Waals surface area contributed by atoms with E-state index in [1.54, 1.807) is 0 Å². The summed E-state index contributed by atoms with van der Waals surface area (Å²) in [5.74, 6) is 0. The Morgan fingerprint density at radius 1 is 0.750 bits per heavy atom. The van der Waals surface area contributed by atoms with Crippen molar-refractivity contribution in [3.8, 4) is 0 Å². The maximum atomic E-state index is 2.46. The van der Waals surface area contributed by atoms with Crippen LogP contribution in [0.2, 0.25) is 0 Å². The van der Waals surface area contributed by atoms with Gasteiger partial charge in [0.15, 0.2) is 0 Å². The molecule has 0 unspecified atom stereocenters. The third kappa shape index (κ3) is 4.71. The van der Waals surface area contributed by atoms with Crippen molar-refractivity contribution < 1.29 is 0 Å². The van der Waals surface area contributed by atoms with Crippen LogP contribution in [0.5, 0.6) is 0 Å². The molecule has 0 bridgehead atoms. The number of anilines is 1. The third-order valence-corrected chi connectivity index (χ3v) is 3.37. The molecule has 0 saturated carbocycles. The van der Waals surface area contributed by atoms with E-state index in [1.807, 2.05) is 0 Å². The van der Waals surface area contributed by atoms with Crippen LogP contribution in [0, 0.1) is 0 Å². The molecule has 0 amide bonds. The van der Waals surface area contributed by atoms with Crippen molar-refractivity contribution in [2.45, 2.75) is 13.0 Å². The number of rotatable bonds is 7. The summed E-state index contributed by atoms with van der Waals surface area (Å²) in [6, 6.07) is 21.4. The number of nitrogens with zero attached hydrogens (tertiary/aromatic N) is 2. The van der Waals surface area contributed by atoms with Crippen LogP contribution in [0.15, 0.2) is 60.7 Å². The van der Waals surface area contributed by atoms with E-state index in [4.69, 9.17) is 0 Å². The minimum Gasteiger partial charge on any atom is -0.367 e. The zero-order chi connectivity index (χ0) is 14.2. The average molecular weight is 268 g/mol. The van der Waals surface area contributed by atoms with Gasteiger partial charge >= 0.3 is 0 Å². The van der Waals surface area contributed by atoms with Crippen LogP contribution in [0.3, 0.4) is 0 Å². The van der Waals surface area contributed by atoms with Crippen molar-refractivity contribution in [1.29, 1.82) is 0 Å². The summed E-state index contributed by atoms with van der Waals surface area (Å²) in [5, 5.41) is 0. The smallest absolute Gasteiger partial charge is 0.0429 e. The fourth-order valence-corrected chi connectivity index (χ4v) is 2.32. The second-order valence-electron chi connectivity index (χ2n) is 5.40. The van der Waals surface area contributed by atoms with E-state index >= 15 is 0 Å². The van der Waals surface area contributed by atoms with Gasteiger partial charge in [0.1, 0.15) is 0 Å². The van der Waals surface area contributed by atoms with E-state index in [9.17, 15) is 0 Å². The lowest BCUT2D eigenvalue weighted by Crippen LogP contribution is -2.26. The summed E-state index contributed by atoms with van der Waals surface area (Å²) < 4.78 is 0. The molecule has 0 heterocycles. The van der Waals surface area contributed by atoms with Crippen LogP contribution in [-0.2, 0) is 6.54 Å². The minimum absolute atomic E-state index is 0.971. The van der Waals surface area contributed by atoms with Gasteiger partial charge < -0.3 is 9.80 Å². The van der Waals surface area contributed by atoms with Gasteiger partial charge in [0.05, 0.1) is 0 Å². The second-order valence-corrected chi connectivity index (χ2v) is 5.40. The molecule has 0 spiro atoms. The Hall–Kier alpha value is -1.80. The largest absolute Gasteiger partial charge is 0.367 e. The highest BCUT2D eigenvalue weighted by Gasteiger charge is 2.07. The Labute approximate surface area is 122 Å². The van der Waals surface area contributed by atoms with Gasteiger partial charge in [-0.1, -0.05) is 48.5 Å². The van der Waals surface area contributed by atoms with E-state index in [0.29, 0.717) is 0 Å². The van der Waals surface area contributed by atoms with Gasteiger partial charge in [0.2, 0.25) is 0 Å².